The van der Waals surface area contributed by atoms with Crippen LogP contribution in [-0.2, 0) is 11.2 Å². The number of rotatable bonds is 4. The predicted molar refractivity (Wildman–Crippen MR) is 65.6 cm³/mol. The van der Waals surface area contributed by atoms with Crippen molar-refractivity contribution >= 4 is 29.1 Å². The Morgan fingerprint density at radius 3 is 2.56 bits per heavy atom. The van der Waals surface area contributed by atoms with Crippen molar-refractivity contribution in [3.8, 4) is 0 Å². The molecule has 0 aliphatic carbocycles. The van der Waals surface area contributed by atoms with Gasteiger partial charge in [-0.05, 0) is 29.2 Å². The molecule has 2 rings (SSSR count). The second-order valence-electron chi connectivity index (χ2n) is 3.51. The fraction of sp³-hybridized carbons (Fsp3) is 0.0909. The molecule has 1 amide bonds. The van der Waals surface area contributed by atoms with Crippen molar-refractivity contribution in [1.82, 2.24) is 9.59 Å². The molecule has 0 atom stereocenters. The van der Waals surface area contributed by atoms with Gasteiger partial charge in [-0.1, -0.05) is 16.6 Å². The van der Waals surface area contributed by atoms with Crippen LogP contribution in [-0.4, -0.2) is 26.6 Å². The number of nitrogens with one attached hydrogen (secondary N) is 1. The number of benzene rings is 1. The van der Waals surface area contributed by atoms with Crippen LogP contribution in [0.1, 0.15) is 16.1 Å². The number of aliphatic carboxylic acids is 1. The maximum absolute atomic E-state index is 11.6. The van der Waals surface area contributed by atoms with Crippen LogP contribution in [0.4, 0.5) is 5.69 Å². The summed E-state index contributed by atoms with van der Waals surface area (Å²) in [6.45, 7) is 0. The highest BCUT2D eigenvalue weighted by Gasteiger charge is 2.09. The van der Waals surface area contributed by atoms with Gasteiger partial charge >= 0.3 is 5.97 Å². The number of nitrogens with zero attached hydrogens (tertiary/aromatic N) is 2. The van der Waals surface area contributed by atoms with Crippen molar-refractivity contribution in [2.24, 2.45) is 0 Å². The molecule has 0 spiro atoms. The van der Waals surface area contributed by atoms with Gasteiger partial charge in [0.1, 0.15) is 0 Å². The molecule has 2 aromatic rings. The number of carbonyl (C=O) groups is 2. The van der Waals surface area contributed by atoms with Gasteiger partial charge in [0.25, 0.3) is 5.91 Å². The van der Waals surface area contributed by atoms with E-state index in [-0.39, 0.29) is 18.0 Å². The van der Waals surface area contributed by atoms with Gasteiger partial charge < -0.3 is 10.4 Å². The number of carboxylic acid groups (broad SMARTS) is 1. The number of hydrogen-bond acceptors (Lipinski definition) is 5. The number of amides is 1. The summed E-state index contributed by atoms with van der Waals surface area (Å²) in [5, 5.41) is 16.5. The zero-order chi connectivity index (χ0) is 13.0. The number of carboxylic acids is 1. The Kier molecular flexibility index (Phi) is 3.63. The van der Waals surface area contributed by atoms with Crippen LogP contribution < -0.4 is 5.32 Å². The average molecular weight is 263 g/mol. The third kappa shape index (κ3) is 3.11. The second kappa shape index (κ2) is 5.37. The van der Waals surface area contributed by atoms with Crippen LogP contribution in [0.3, 0.4) is 0 Å². The summed E-state index contributed by atoms with van der Waals surface area (Å²) < 4.78 is 3.60. The van der Waals surface area contributed by atoms with Gasteiger partial charge in [0.2, 0.25) is 0 Å². The van der Waals surface area contributed by atoms with E-state index in [0.29, 0.717) is 11.3 Å². The molecule has 0 unspecified atom stereocenters. The van der Waals surface area contributed by atoms with E-state index in [1.54, 1.807) is 29.6 Å². The maximum Gasteiger partial charge on any atom is 0.307 e. The molecule has 1 aromatic carbocycles. The van der Waals surface area contributed by atoms with Crippen molar-refractivity contribution in [2.45, 2.75) is 6.42 Å². The number of carbonyl (C=O) groups excluding carboxylic acids is 1. The fourth-order valence-corrected chi connectivity index (χ4v) is 1.78. The Bertz CT molecular complexity index is 551. The standard InChI is InChI=1S/C11H9N3O3S/c15-10(16)5-7-1-3-8(4-2-7)12-11(17)9-6-18-14-13-9/h1-4,6H,5H2,(H,12,17)(H,15,16). The van der Waals surface area contributed by atoms with E-state index in [0.717, 1.165) is 11.5 Å². The first-order chi connectivity index (χ1) is 8.65. The molecular formula is C11H9N3O3S. The van der Waals surface area contributed by atoms with Crippen molar-refractivity contribution in [3.63, 3.8) is 0 Å². The van der Waals surface area contributed by atoms with Crippen LogP contribution in [0.5, 0.6) is 0 Å². The van der Waals surface area contributed by atoms with Crippen LogP contribution >= 0.6 is 11.5 Å². The van der Waals surface area contributed by atoms with Crippen molar-refractivity contribution < 1.29 is 14.7 Å². The Morgan fingerprint density at radius 2 is 2.00 bits per heavy atom. The molecule has 1 heterocycles. The van der Waals surface area contributed by atoms with E-state index in [2.05, 4.69) is 14.9 Å². The Balaban J connectivity index is 2.02. The van der Waals surface area contributed by atoms with Crippen LogP contribution in [0.15, 0.2) is 29.6 Å². The lowest BCUT2D eigenvalue weighted by atomic mass is 10.1. The highest BCUT2D eigenvalue weighted by molar-refractivity contribution is 7.03. The van der Waals surface area contributed by atoms with Gasteiger partial charge in [0.15, 0.2) is 5.69 Å². The first kappa shape index (κ1) is 12.2. The van der Waals surface area contributed by atoms with Crippen LogP contribution in [0.25, 0.3) is 0 Å². The molecule has 18 heavy (non-hydrogen) atoms. The van der Waals surface area contributed by atoms with Crippen molar-refractivity contribution in [2.75, 3.05) is 5.32 Å². The first-order valence-electron chi connectivity index (χ1n) is 5.04. The van der Waals surface area contributed by atoms with E-state index in [4.69, 9.17) is 5.11 Å². The summed E-state index contributed by atoms with van der Waals surface area (Å²) in [7, 11) is 0. The van der Waals surface area contributed by atoms with Gasteiger partial charge in [0.05, 0.1) is 6.42 Å². The topological polar surface area (TPSA) is 92.2 Å². The summed E-state index contributed by atoms with van der Waals surface area (Å²) in [5.41, 5.74) is 1.52. The third-order valence-electron chi connectivity index (χ3n) is 2.16. The molecule has 0 bridgehead atoms. The molecule has 0 saturated carbocycles. The molecule has 2 N–H and O–H groups in total. The SMILES string of the molecule is O=C(O)Cc1ccc(NC(=O)c2csnn2)cc1. The molecular weight excluding hydrogens is 254 g/mol. The van der Waals surface area contributed by atoms with Gasteiger partial charge in [0, 0.05) is 11.1 Å². The van der Waals surface area contributed by atoms with E-state index < -0.39 is 5.97 Å². The molecule has 1 aromatic heterocycles. The summed E-state index contributed by atoms with van der Waals surface area (Å²) in [5.74, 6) is -1.23. The summed E-state index contributed by atoms with van der Waals surface area (Å²) >= 11 is 1.10. The smallest absolute Gasteiger partial charge is 0.307 e. The van der Waals surface area contributed by atoms with Crippen molar-refractivity contribution in [3.05, 3.63) is 40.9 Å². The molecule has 0 radical (unpaired) electrons. The first-order valence-corrected chi connectivity index (χ1v) is 5.88. The monoisotopic (exact) mass is 263 g/mol. The van der Waals surface area contributed by atoms with Crippen LogP contribution in [0.2, 0.25) is 0 Å². The van der Waals surface area contributed by atoms with E-state index >= 15 is 0 Å². The lowest BCUT2D eigenvalue weighted by Gasteiger charge is -2.03. The summed E-state index contributed by atoms with van der Waals surface area (Å²) in [6, 6.07) is 6.61. The van der Waals surface area contributed by atoms with Crippen molar-refractivity contribution in [1.29, 1.82) is 0 Å². The molecule has 0 fully saturated rings. The Hall–Kier alpha value is -2.28. The van der Waals surface area contributed by atoms with E-state index in [1.807, 2.05) is 0 Å². The predicted octanol–water partition coefficient (Wildman–Crippen LogP) is 1.42. The molecule has 92 valence electrons. The summed E-state index contributed by atoms with van der Waals surface area (Å²) in [4.78, 5) is 22.1. The fourth-order valence-electron chi connectivity index (χ4n) is 1.34. The largest absolute Gasteiger partial charge is 0.481 e. The molecule has 0 aliphatic rings. The molecule has 0 aliphatic heterocycles. The van der Waals surface area contributed by atoms with Crippen LogP contribution in [0, 0.1) is 0 Å². The quantitative estimate of drug-likeness (QED) is 0.870. The highest BCUT2D eigenvalue weighted by atomic mass is 32.1. The highest BCUT2D eigenvalue weighted by Crippen LogP contribution is 2.11. The maximum atomic E-state index is 11.6. The Labute approximate surface area is 106 Å². The molecule has 0 saturated heterocycles. The summed E-state index contributed by atoms with van der Waals surface area (Å²) in [6.07, 6.45) is -0.0375. The average Bonchev–Trinajstić information content (AvgIpc) is 2.84. The minimum atomic E-state index is -0.889. The van der Waals surface area contributed by atoms with Gasteiger partial charge in [-0.2, -0.15) is 0 Å². The number of anilines is 1. The van der Waals surface area contributed by atoms with Gasteiger partial charge in [-0.25, -0.2) is 0 Å². The molecule has 7 heteroatoms. The van der Waals surface area contributed by atoms with Gasteiger partial charge in [-0.15, -0.1) is 5.10 Å². The zero-order valence-corrected chi connectivity index (χ0v) is 9.98. The zero-order valence-electron chi connectivity index (χ0n) is 9.16. The number of aromatic nitrogens is 2. The Morgan fingerprint density at radius 1 is 1.28 bits per heavy atom. The minimum Gasteiger partial charge on any atom is -0.481 e. The number of hydrogen-bond donors (Lipinski definition) is 2. The van der Waals surface area contributed by atoms with Gasteiger partial charge in [-0.3, -0.25) is 9.59 Å². The second-order valence-corrected chi connectivity index (χ2v) is 4.12. The third-order valence-corrected chi connectivity index (χ3v) is 2.66. The minimum absolute atomic E-state index is 0.0375. The van der Waals surface area contributed by atoms with E-state index in [9.17, 15) is 9.59 Å². The lowest BCUT2D eigenvalue weighted by Crippen LogP contribution is -2.12. The lowest BCUT2D eigenvalue weighted by molar-refractivity contribution is -0.136. The molecule has 6 nitrogen and oxygen atoms in total. The van der Waals surface area contributed by atoms with E-state index in [1.165, 1.54) is 0 Å². The normalized spacial score (nSPS) is 10.0.